The van der Waals surface area contributed by atoms with Crippen LogP contribution in [0.2, 0.25) is 0 Å². The molecule has 15 heavy (non-hydrogen) atoms. The van der Waals surface area contributed by atoms with Crippen LogP contribution in [-0.4, -0.2) is 28.4 Å². The molecule has 0 spiro atoms. The SMILES string of the molecule is CC(C)(OC(=O)C(Br)Br)C1CCNCC1. The molecule has 0 amide bonds. The van der Waals surface area contributed by atoms with Crippen LogP contribution in [0.25, 0.3) is 0 Å². The number of alkyl halides is 2. The molecule has 0 atom stereocenters. The summed E-state index contributed by atoms with van der Waals surface area (Å²) in [7, 11) is 0. The summed E-state index contributed by atoms with van der Waals surface area (Å²) in [5.41, 5.74) is -0.376. The normalized spacial score (nSPS) is 19.3. The molecule has 0 aromatic carbocycles. The Bertz CT molecular complexity index is 225. The minimum Gasteiger partial charge on any atom is -0.458 e. The van der Waals surface area contributed by atoms with Gasteiger partial charge in [0.15, 0.2) is 3.74 Å². The van der Waals surface area contributed by atoms with E-state index in [1.54, 1.807) is 0 Å². The molecule has 88 valence electrons. The molecule has 0 bridgehead atoms. The summed E-state index contributed by atoms with van der Waals surface area (Å²) < 4.78 is 5.07. The molecular weight excluding hydrogens is 326 g/mol. The molecule has 3 nitrogen and oxygen atoms in total. The predicted molar refractivity (Wildman–Crippen MR) is 67.4 cm³/mol. The fourth-order valence-electron chi connectivity index (χ4n) is 1.90. The van der Waals surface area contributed by atoms with Crippen LogP contribution in [0, 0.1) is 5.92 Å². The topological polar surface area (TPSA) is 38.3 Å². The third kappa shape index (κ3) is 4.04. The van der Waals surface area contributed by atoms with Gasteiger partial charge >= 0.3 is 5.97 Å². The highest BCUT2D eigenvalue weighted by Gasteiger charge is 2.35. The van der Waals surface area contributed by atoms with E-state index in [-0.39, 0.29) is 11.6 Å². The van der Waals surface area contributed by atoms with Crippen LogP contribution < -0.4 is 5.32 Å². The van der Waals surface area contributed by atoms with Crippen LogP contribution in [0.15, 0.2) is 0 Å². The average Bonchev–Trinajstić information content (AvgIpc) is 2.18. The molecule has 0 aromatic rings. The molecule has 0 radical (unpaired) electrons. The van der Waals surface area contributed by atoms with E-state index in [1.807, 2.05) is 13.8 Å². The maximum absolute atomic E-state index is 11.5. The van der Waals surface area contributed by atoms with Gasteiger partial charge in [-0.3, -0.25) is 0 Å². The molecule has 0 unspecified atom stereocenters. The highest BCUT2D eigenvalue weighted by atomic mass is 79.9. The molecular formula is C10H17Br2NO2. The van der Waals surface area contributed by atoms with Crippen molar-refractivity contribution >= 4 is 37.8 Å². The van der Waals surface area contributed by atoms with Crippen LogP contribution in [0.4, 0.5) is 0 Å². The van der Waals surface area contributed by atoms with E-state index < -0.39 is 3.74 Å². The third-order valence-electron chi connectivity index (χ3n) is 2.86. The summed E-state index contributed by atoms with van der Waals surface area (Å²) in [6, 6.07) is 0. The Morgan fingerprint density at radius 3 is 2.40 bits per heavy atom. The number of halogens is 2. The number of hydrogen-bond donors (Lipinski definition) is 1. The zero-order chi connectivity index (χ0) is 11.5. The van der Waals surface area contributed by atoms with E-state index in [1.165, 1.54) is 0 Å². The number of rotatable bonds is 3. The third-order valence-corrected chi connectivity index (χ3v) is 3.61. The first-order chi connectivity index (χ1) is 6.93. The van der Waals surface area contributed by atoms with Crippen molar-refractivity contribution in [3.63, 3.8) is 0 Å². The molecule has 0 aliphatic carbocycles. The van der Waals surface area contributed by atoms with Gasteiger partial charge in [-0.05, 0) is 39.8 Å². The number of piperidine rings is 1. The second-order valence-electron chi connectivity index (χ2n) is 4.35. The molecule has 0 aromatic heterocycles. The van der Waals surface area contributed by atoms with Crippen LogP contribution in [0.3, 0.4) is 0 Å². The van der Waals surface area contributed by atoms with E-state index in [0.29, 0.717) is 5.92 Å². The first kappa shape index (κ1) is 13.5. The first-order valence-electron chi connectivity index (χ1n) is 5.15. The highest BCUT2D eigenvalue weighted by molar-refractivity contribution is 9.25. The molecule has 1 fully saturated rings. The molecule has 0 saturated carbocycles. The first-order valence-corrected chi connectivity index (χ1v) is 6.98. The smallest absolute Gasteiger partial charge is 0.331 e. The maximum atomic E-state index is 11.5. The van der Waals surface area contributed by atoms with Gasteiger partial charge in [0.25, 0.3) is 0 Å². The molecule has 1 aliphatic rings. The minimum absolute atomic E-state index is 0.251. The van der Waals surface area contributed by atoms with Gasteiger partial charge in [-0.1, -0.05) is 31.9 Å². The van der Waals surface area contributed by atoms with Gasteiger partial charge in [-0.25, -0.2) is 4.79 Å². The second kappa shape index (κ2) is 5.64. The van der Waals surface area contributed by atoms with Gasteiger partial charge in [0, 0.05) is 5.92 Å². The summed E-state index contributed by atoms with van der Waals surface area (Å²) in [4.78, 5) is 11.5. The highest BCUT2D eigenvalue weighted by Crippen LogP contribution is 2.30. The molecule has 1 aliphatic heterocycles. The lowest BCUT2D eigenvalue weighted by atomic mass is 9.83. The maximum Gasteiger partial charge on any atom is 0.331 e. The van der Waals surface area contributed by atoms with E-state index in [0.717, 1.165) is 25.9 Å². The Hall–Kier alpha value is 0.390. The summed E-state index contributed by atoms with van der Waals surface area (Å²) in [5, 5.41) is 3.30. The van der Waals surface area contributed by atoms with E-state index in [2.05, 4.69) is 37.2 Å². The lowest BCUT2D eigenvalue weighted by Crippen LogP contribution is -2.43. The Kier molecular flexibility index (Phi) is 5.06. The number of hydrogen-bond acceptors (Lipinski definition) is 3. The van der Waals surface area contributed by atoms with Crippen molar-refractivity contribution < 1.29 is 9.53 Å². The van der Waals surface area contributed by atoms with Crippen LogP contribution in [-0.2, 0) is 9.53 Å². The van der Waals surface area contributed by atoms with Gasteiger partial charge in [-0.15, -0.1) is 0 Å². The van der Waals surface area contributed by atoms with Crippen molar-refractivity contribution in [3.8, 4) is 0 Å². The second-order valence-corrected chi connectivity index (χ2v) is 7.41. The molecule has 5 heteroatoms. The van der Waals surface area contributed by atoms with Gasteiger partial charge in [-0.2, -0.15) is 0 Å². The fraction of sp³-hybridized carbons (Fsp3) is 0.900. The van der Waals surface area contributed by atoms with Crippen molar-refractivity contribution in [1.29, 1.82) is 0 Å². The summed E-state index contributed by atoms with van der Waals surface area (Å²) in [6.07, 6.45) is 2.13. The number of esters is 1. The van der Waals surface area contributed by atoms with E-state index in [9.17, 15) is 4.79 Å². The van der Waals surface area contributed by atoms with E-state index in [4.69, 9.17) is 4.74 Å². The summed E-state index contributed by atoms with van der Waals surface area (Å²) >= 11 is 6.29. The quantitative estimate of drug-likeness (QED) is 0.632. The standard InChI is InChI=1S/C10H17Br2NO2/c1-10(2,15-9(14)8(11)12)7-3-5-13-6-4-7/h7-8,13H,3-6H2,1-2H3. The lowest BCUT2D eigenvalue weighted by molar-refractivity contribution is -0.159. The van der Waals surface area contributed by atoms with Gasteiger partial charge in [0.05, 0.1) is 0 Å². The van der Waals surface area contributed by atoms with Gasteiger partial charge in [0.2, 0.25) is 0 Å². The lowest BCUT2D eigenvalue weighted by Gasteiger charge is -2.36. The molecule has 1 saturated heterocycles. The number of ether oxygens (including phenoxy) is 1. The number of nitrogens with one attached hydrogen (secondary N) is 1. The zero-order valence-electron chi connectivity index (χ0n) is 9.06. The fourth-order valence-corrected chi connectivity index (χ4v) is 2.09. The van der Waals surface area contributed by atoms with Gasteiger partial charge in [0.1, 0.15) is 5.60 Å². The van der Waals surface area contributed by atoms with Crippen LogP contribution in [0.1, 0.15) is 26.7 Å². The molecule has 1 rings (SSSR count). The number of carbonyl (C=O) groups is 1. The number of carbonyl (C=O) groups excluding carboxylic acids is 1. The van der Waals surface area contributed by atoms with Crippen molar-refractivity contribution in [2.24, 2.45) is 5.92 Å². The Labute approximate surface area is 108 Å². The van der Waals surface area contributed by atoms with E-state index >= 15 is 0 Å². The Morgan fingerprint density at radius 2 is 1.93 bits per heavy atom. The van der Waals surface area contributed by atoms with Crippen molar-refractivity contribution in [2.75, 3.05) is 13.1 Å². The van der Waals surface area contributed by atoms with Gasteiger partial charge < -0.3 is 10.1 Å². The zero-order valence-corrected chi connectivity index (χ0v) is 12.2. The van der Waals surface area contributed by atoms with Crippen molar-refractivity contribution in [3.05, 3.63) is 0 Å². The minimum atomic E-state index is -0.411. The Balaban J connectivity index is 2.52. The summed E-state index contributed by atoms with van der Waals surface area (Å²) in [6.45, 7) is 6.00. The summed E-state index contributed by atoms with van der Waals surface area (Å²) in [5.74, 6) is 0.194. The Morgan fingerprint density at radius 1 is 1.40 bits per heavy atom. The van der Waals surface area contributed by atoms with Crippen LogP contribution in [0.5, 0.6) is 0 Å². The average molecular weight is 343 g/mol. The van der Waals surface area contributed by atoms with Crippen molar-refractivity contribution in [1.82, 2.24) is 5.32 Å². The molecule has 1 N–H and O–H groups in total. The van der Waals surface area contributed by atoms with Crippen molar-refractivity contribution in [2.45, 2.75) is 36.0 Å². The predicted octanol–water partition coefficient (Wildman–Crippen LogP) is 2.42. The monoisotopic (exact) mass is 341 g/mol. The largest absolute Gasteiger partial charge is 0.458 e. The molecule has 1 heterocycles. The van der Waals surface area contributed by atoms with Crippen LogP contribution >= 0.6 is 31.9 Å².